The second-order valence-corrected chi connectivity index (χ2v) is 4.68. The second-order valence-electron chi connectivity index (χ2n) is 3.76. The zero-order valence-electron chi connectivity index (χ0n) is 9.71. The molecule has 0 saturated heterocycles. The van der Waals surface area contributed by atoms with Gasteiger partial charge in [0.05, 0.1) is 6.42 Å². The molecule has 3 nitrogen and oxygen atoms in total. The second kappa shape index (κ2) is 5.60. The fourth-order valence-electron chi connectivity index (χ4n) is 1.22. The first kappa shape index (κ1) is 14.8. The van der Waals surface area contributed by atoms with E-state index in [0.717, 1.165) is 0 Å². The molecule has 1 rings (SSSR count). The van der Waals surface area contributed by atoms with E-state index in [-0.39, 0.29) is 23.6 Å². The van der Waals surface area contributed by atoms with E-state index in [2.05, 4.69) is 20.7 Å². The minimum atomic E-state index is -4.78. The molecule has 0 aliphatic rings. The molecule has 0 unspecified atom stereocenters. The molecular weight excluding hydrogens is 315 g/mol. The predicted octanol–water partition coefficient (Wildman–Crippen LogP) is 2.98. The maximum Gasteiger partial charge on any atom is 0.573 e. The van der Waals surface area contributed by atoms with Gasteiger partial charge < -0.3 is 9.64 Å². The average Bonchev–Trinajstić information content (AvgIpc) is 2.19. The Balaban J connectivity index is 3.00. The first-order valence-corrected chi connectivity index (χ1v) is 5.72. The number of halogens is 4. The van der Waals surface area contributed by atoms with Crippen LogP contribution in [0.15, 0.2) is 22.7 Å². The molecule has 0 spiro atoms. The topological polar surface area (TPSA) is 29.5 Å². The van der Waals surface area contributed by atoms with Crippen LogP contribution in [0, 0.1) is 0 Å². The fraction of sp³-hybridized carbons (Fsp3) is 0.364. The van der Waals surface area contributed by atoms with Crippen LogP contribution in [0.1, 0.15) is 5.56 Å². The van der Waals surface area contributed by atoms with Gasteiger partial charge in [0.25, 0.3) is 0 Å². The molecular formula is C11H11BrF3NO2. The van der Waals surface area contributed by atoms with Crippen LogP contribution in [0.5, 0.6) is 5.75 Å². The van der Waals surface area contributed by atoms with Gasteiger partial charge in [-0.1, -0.05) is 22.0 Å². The molecule has 0 bridgehead atoms. The molecule has 0 N–H and O–H groups in total. The maximum absolute atomic E-state index is 12.2. The van der Waals surface area contributed by atoms with E-state index in [1.807, 2.05) is 0 Å². The number of carbonyl (C=O) groups excluding carboxylic acids is 1. The quantitative estimate of drug-likeness (QED) is 0.855. The maximum atomic E-state index is 12.2. The lowest BCUT2D eigenvalue weighted by atomic mass is 10.1. The van der Waals surface area contributed by atoms with Gasteiger partial charge in [0.1, 0.15) is 5.75 Å². The Morgan fingerprint density at radius 2 is 2.00 bits per heavy atom. The average molecular weight is 326 g/mol. The number of alkyl halides is 3. The summed E-state index contributed by atoms with van der Waals surface area (Å²) in [5.74, 6) is -0.670. The van der Waals surface area contributed by atoms with Gasteiger partial charge in [-0.25, -0.2) is 0 Å². The summed E-state index contributed by atoms with van der Waals surface area (Å²) >= 11 is 3.06. The van der Waals surface area contributed by atoms with E-state index in [1.165, 1.54) is 31.1 Å². The molecule has 0 heterocycles. The number of hydrogen-bond donors (Lipinski definition) is 0. The summed E-state index contributed by atoms with van der Waals surface area (Å²) in [6.07, 6.45) is -4.93. The van der Waals surface area contributed by atoms with E-state index in [1.54, 1.807) is 6.07 Å². The Labute approximate surface area is 111 Å². The molecule has 1 amide bonds. The van der Waals surface area contributed by atoms with Gasteiger partial charge in [0.15, 0.2) is 0 Å². The number of ether oxygens (including phenoxy) is 1. The molecule has 0 aromatic heterocycles. The molecule has 1 aromatic rings. The zero-order valence-corrected chi connectivity index (χ0v) is 11.3. The van der Waals surface area contributed by atoms with E-state index >= 15 is 0 Å². The zero-order chi connectivity index (χ0) is 13.9. The first-order chi connectivity index (χ1) is 8.19. The number of nitrogens with zero attached hydrogens (tertiary/aromatic N) is 1. The summed E-state index contributed by atoms with van der Waals surface area (Å²) in [6.45, 7) is 0. The van der Waals surface area contributed by atoms with Crippen molar-refractivity contribution in [3.05, 3.63) is 28.2 Å². The molecule has 7 heteroatoms. The van der Waals surface area contributed by atoms with E-state index in [9.17, 15) is 18.0 Å². The Hall–Kier alpha value is -1.24. The summed E-state index contributed by atoms with van der Waals surface area (Å²) in [5.41, 5.74) is 0.189. The van der Waals surface area contributed by atoms with Crippen LogP contribution in [-0.4, -0.2) is 31.3 Å². The van der Waals surface area contributed by atoms with Crippen LogP contribution in [0.3, 0.4) is 0 Å². The monoisotopic (exact) mass is 325 g/mol. The molecule has 18 heavy (non-hydrogen) atoms. The van der Waals surface area contributed by atoms with Crippen molar-refractivity contribution in [3.8, 4) is 5.75 Å². The number of likely N-dealkylation sites (N-methyl/N-ethyl adjacent to an activating group) is 1. The van der Waals surface area contributed by atoms with Gasteiger partial charge in [-0.3, -0.25) is 4.79 Å². The van der Waals surface area contributed by atoms with E-state index < -0.39 is 6.36 Å². The molecule has 0 aliphatic heterocycles. The van der Waals surface area contributed by atoms with E-state index in [0.29, 0.717) is 4.47 Å². The van der Waals surface area contributed by atoms with Crippen molar-refractivity contribution in [2.24, 2.45) is 0 Å². The van der Waals surface area contributed by atoms with Gasteiger partial charge in [-0.05, 0) is 12.1 Å². The summed E-state index contributed by atoms with van der Waals surface area (Å²) in [4.78, 5) is 12.8. The van der Waals surface area contributed by atoms with Crippen LogP contribution in [0.25, 0.3) is 0 Å². The Bertz CT molecular complexity index is 446. The standard InChI is InChI=1S/C11H11BrF3NO2/c1-16(2)10(17)5-7-3-4-8(12)6-9(7)18-11(13,14)15/h3-4,6H,5H2,1-2H3. The third kappa shape index (κ3) is 4.56. The number of rotatable bonds is 3. The lowest BCUT2D eigenvalue weighted by Gasteiger charge is -2.15. The van der Waals surface area contributed by atoms with E-state index in [4.69, 9.17) is 0 Å². The summed E-state index contributed by atoms with van der Waals surface area (Å²) < 4.78 is 41.0. The van der Waals surface area contributed by atoms with Crippen molar-refractivity contribution in [2.75, 3.05) is 14.1 Å². The Kier molecular flexibility index (Phi) is 4.61. The molecule has 1 aromatic carbocycles. The van der Waals surface area contributed by atoms with Crippen molar-refractivity contribution < 1.29 is 22.7 Å². The molecule has 0 fully saturated rings. The lowest BCUT2D eigenvalue weighted by Crippen LogP contribution is -2.24. The van der Waals surface area contributed by atoms with Gasteiger partial charge in [-0.15, -0.1) is 13.2 Å². The summed E-state index contributed by atoms with van der Waals surface area (Å²) in [7, 11) is 3.07. The van der Waals surface area contributed by atoms with Crippen molar-refractivity contribution in [1.29, 1.82) is 0 Å². The third-order valence-corrected chi connectivity index (χ3v) is 2.59. The van der Waals surface area contributed by atoms with Crippen molar-refractivity contribution in [1.82, 2.24) is 4.90 Å². The van der Waals surface area contributed by atoms with Crippen LogP contribution in [-0.2, 0) is 11.2 Å². The van der Waals surface area contributed by atoms with Gasteiger partial charge in [0.2, 0.25) is 5.91 Å². The molecule has 0 saturated carbocycles. The number of carbonyl (C=O) groups is 1. The smallest absolute Gasteiger partial charge is 0.405 e. The highest BCUT2D eigenvalue weighted by Crippen LogP contribution is 2.29. The highest BCUT2D eigenvalue weighted by Gasteiger charge is 2.32. The Morgan fingerprint density at radius 1 is 1.39 bits per heavy atom. The SMILES string of the molecule is CN(C)C(=O)Cc1ccc(Br)cc1OC(F)(F)F. The van der Waals surface area contributed by atoms with Crippen molar-refractivity contribution in [2.45, 2.75) is 12.8 Å². The van der Waals surface area contributed by atoms with Gasteiger partial charge in [-0.2, -0.15) is 0 Å². The van der Waals surface area contributed by atoms with Crippen LogP contribution < -0.4 is 4.74 Å². The van der Waals surface area contributed by atoms with Crippen LogP contribution in [0.4, 0.5) is 13.2 Å². The number of hydrogen-bond acceptors (Lipinski definition) is 2. The Morgan fingerprint density at radius 3 is 2.50 bits per heavy atom. The molecule has 0 atom stereocenters. The van der Waals surface area contributed by atoms with Crippen LogP contribution >= 0.6 is 15.9 Å². The minimum absolute atomic E-state index is 0.147. The van der Waals surface area contributed by atoms with Crippen LogP contribution in [0.2, 0.25) is 0 Å². The number of amides is 1. The minimum Gasteiger partial charge on any atom is -0.405 e. The van der Waals surface area contributed by atoms with Gasteiger partial charge >= 0.3 is 6.36 Å². The summed E-state index contributed by atoms with van der Waals surface area (Å²) in [6, 6.07) is 4.17. The number of benzene rings is 1. The lowest BCUT2D eigenvalue weighted by molar-refractivity contribution is -0.274. The fourth-order valence-corrected chi connectivity index (χ4v) is 1.56. The molecule has 0 aliphatic carbocycles. The normalized spacial score (nSPS) is 11.2. The van der Waals surface area contributed by atoms with Gasteiger partial charge in [0, 0.05) is 24.1 Å². The highest BCUT2D eigenvalue weighted by molar-refractivity contribution is 9.10. The highest BCUT2D eigenvalue weighted by atomic mass is 79.9. The van der Waals surface area contributed by atoms with Crippen molar-refractivity contribution >= 4 is 21.8 Å². The first-order valence-electron chi connectivity index (χ1n) is 4.93. The van der Waals surface area contributed by atoms with Crippen molar-refractivity contribution in [3.63, 3.8) is 0 Å². The third-order valence-electron chi connectivity index (χ3n) is 2.10. The molecule has 0 radical (unpaired) electrons. The molecule has 100 valence electrons. The summed E-state index contributed by atoms with van der Waals surface area (Å²) in [5, 5.41) is 0. The predicted molar refractivity (Wildman–Crippen MR) is 63.2 cm³/mol. The largest absolute Gasteiger partial charge is 0.573 e.